The lowest BCUT2D eigenvalue weighted by atomic mass is 9.97. The topological polar surface area (TPSA) is 69.6 Å². The van der Waals surface area contributed by atoms with Gasteiger partial charge in [-0.05, 0) is 34.7 Å². The molecular formula is C24H25NO3. The molecule has 0 saturated heterocycles. The van der Waals surface area contributed by atoms with Gasteiger partial charge in [-0.25, -0.2) is 4.79 Å². The zero-order valence-corrected chi connectivity index (χ0v) is 15.7. The summed E-state index contributed by atoms with van der Waals surface area (Å²) in [4.78, 5) is 11.2. The number of aliphatic hydroxyl groups is 1. The minimum absolute atomic E-state index is 0.0150. The molecule has 0 saturated carbocycles. The molecule has 0 bridgehead atoms. The number of benzene rings is 3. The van der Waals surface area contributed by atoms with Crippen molar-refractivity contribution in [2.24, 2.45) is 5.92 Å². The Balaban J connectivity index is 1.72. The van der Waals surface area contributed by atoms with Gasteiger partial charge in [-0.2, -0.15) is 0 Å². The molecule has 28 heavy (non-hydrogen) atoms. The lowest BCUT2D eigenvalue weighted by molar-refractivity contribution is 0.192. The number of carboxylic acid groups (broad SMARTS) is 1. The van der Waals surface area contributed by atoms with Gasteiger partial charge in [0.25, 0.3) is 0 Å². The molecular weight excluding hydrogens is 350 g/mol. The fraction of sp³-hybridized carbons (Fsp3) is 0.208. The van der Waals surface area contributed by atoms with Crippen LogP contribution in [0.5, 0.6) is 0 Å². The van der Waals surface area contributed by atoms with Gasteiger partial charge in [0.05, 0.1) is 6.04 Å². The summed E-state index contributed by atoms with van der Waals surface area (Å²) in [5.41, 5.74) is 2.20. The van der Waals surface area contributed by atoms with Crippen LogP contribution in [0, 0.1) is 5.92 Å². The fourth-order valence-electron chi connectivity index (χ4n) is 3.35. The van der Waals surface area contributed by atoms with E-state index < -0.39 is 6.09 Å². The Hall–Kier alpha value is -3.11. The average molecular weight is 375 g/mol. The van der Waals surface area contributed by atoms with Crippen molar-refractivity contribution in [2.45, 2.75) is 18.9 Å². The summed E-state index contributed by atoms with van der Waals surface area (Å²) in [6.45, 7) is 0.0150. The van der Waals surface area contributed by atoms with E-state index in [9.17, 15) is 15.0 Å². The minimum Gasteiger partial charge on any atom is -0.465 e. The smallest absolute Gasteiger partial charge is 0.405 e. The van der Waals surface area contributed by atoms with Gasteiger partial charge in [-0.15, -0.1) is 0 Å². The van der Waals surface area contributed by atoms with Crippen molar-refractivity contribution < 1.29 is 15.0 Å². The molecule has 1 unspecified atom stereocenters. The molecule has 3 aromatic carbocycles. The number of hydrogen-bond donors (Lipinski definition) is 3. The fourth-order valence-corrected chi connectivity index (χ4v) is 3.35. The predicted molar refractivity (Wildman–Crippen MR) is 112 cm³/mol. The van der Waals surface area contributed by atoms with E-state index in [0.717, 1.165) is 21.9 Å². The van der Waals surface area contributed by atoms with Crippen LogP contribution >= 0.6 is 0 Å². The van der Waals surface area contributed by atoms with Gasteiger partial charge in [0.15, 0.2) is 0 Å². The summed E-state index contributed by atoms with van der Waals surface area (Å²) in [7, 11) is 0. The van der Waals surface area contributed by atoms with Crippen LogP contribution in [0.25, 0.3) is 10.8 Å². The van der Waals surface area contributed by atoms with Crippen LogP contribution in [0.15, 0.2) is 84.9 Å². The van der Waals surface area contributed by atoms with E-state index in [1.54, 1.807) is 0 Å². The molecule has 0 fully saturated rings. The molecule has 1 amide bonds. The van der Waals surface area contributed by atoms with Crippen molar-refractivity contribution in [2.75, 3.05) is 6.61 Å². The number of rotatable bonds is 8. The quantitative estimate of drug-likeness (QED) is 0.510. The molecule has 4 heteroatoms. The van der Waals surface area contributed by atoms with Gasteiger partial charge in [-0.1, -0.05) is 84.9 Å². The van der Waals surface area contributed by atoms with Crippen LogP contribution in [-0.4, -0.2) is 29.0 Å². The molecule has 2 atom stereocenters. The Morgan fingerprint density at radius 1 is 0.857 bits per heavy atom. The molecule has 0 aliphatic rings. The highest BCUT2D eigenvalue weighted by Gasteiger charge is 2.12. The molecule has 0 aliphatic heterocycles. The minimum atomic E-state index is -1.06. The first-order valence-electron chi connectivity index (χ1n) is 9.44. The van der Waals surface area contributed by atoms with Gasteiger partial charge < -0.3 is 15.5 Å². The highest BCUT2D eigenvalue weighted by Crippen LogP contribution is 2.17. The maximum Gasteiger partial charge on any atom is 0.405 e. The number of hydrogen-bond acceptors (Lipinski definition) is 2. The summed E-state index contributed by atoms with van der Waals surface area (Å²) in [6.07, 6.45) is 3.97. The molecule has 4 nitrogen and oxygen atoms in total. The number of amides is 1. The van der Waals surface area contributed by atoms with E-state index in [1.807, 2.05) is 60.7 Å². The predicted octanol–water partition coefficient (Wildman–Crippen LogP) is 4.43. The Morgan fingerprint density at radius 3 is 2.29 bits per heavy atom. The first-order valence-corrected chi connectivity index (χ1v) is 9.44. The van der Waals surface area contributed by atoms with Crippen molar-refractivity contribution in [1.82, 2.24) is 5.32 Å². The van der Waals surface area contributed by atoms with Crippen LogP contribution in [0.1, 0.15) is 11.1 Å². The first-order chi connectivity index (χ1) is 13.6. The molecule has 3 rings (SSSR count). The van der Waals surface area contributed by atoms with Crippen molar-refractivity contribution in [1.29, 1.82) is 0 Å². The molecule has 3 aromatic rings. The molecule has 0 heterocycles. The lowest BCUT2D eigenvalue weighted by Crippen LogP contribution is -2.34. The Kier molecular flexibility index (Phi) is 6.82. The third-order valence-electron chi connectivity index (χ3n) is 4.77. The largest absolute Gasteiger partial charge is 0.465 e. The van der Waals surface area contributed by atoms with Crippen molar-refractivity contribution in [3.8, 4) is 0 Å². The lowest BCUT2D eigenvalue weighted by Gasteiger charge is -2.15. The SMILES string of the molecule is O=C(O)N[C@@H](C=CC(CO)Cc1ccccc1)Cc1ccc2ccccc2c1. The highest BCUT2D eigenvalue weighted by molar-refractivity contribution is 5.83. The van der Waals surface area contributed by atoms with E-state index in [0.29, 0.717) is 12.8 Å². The second-order valence-electron chi connectivity index (χ2n) is 6.96. The zero-order valence-electron chi connectivity index (χ0n) is 15.7. The van der Waals surface area contributed by atoms with E-state index in [1.165, 1.54) is 0 Å². The molecule has 144 valence electrons. The zero-order chi connectivity index (χ0) is 19.8. The summed E-state index contributed by atoms with van der Waals surface area (Å²) in [5, 5.41) is 23.8. The van der Waals surface area contributed by atoms with E-state index in [-0.39, 0.29) is 18.6 Å². The monoisotopic (exact) mass is 375 g/mol. The van der Waals surface area contributed by atoms with Crippen LogP contribution in [0.4, 0.5) is 4.79 Å². The molecule has 0 aliphatic carbocycles. The maximum atomic E-state index is 11.2. The van der Waals surface area contributed by atoms with Crippen LogP contribution < -0.4 is 5.32 Å². The van der Waals surface area contributed by atoms with Gasteiger partial charge in [0, 0.05) is 12.5 Å². The summed E-state index contributed by atoms with van der Waals surface area (Å²) in [6, 6.07) is 23.9. The molecule has 0 radical (unpaired) electrons. The second kappa shape index (κ2) is 9.72. The maximum absolute atomic E-state index is 11.2. The van der Waals surface area contributed by atoms with Crippen LogP contribution in [0.3, 0.4) is 0 Å². The third-order valence-corrected chi connectivity index (χ3v) is 4.77. The van der Waals surface area contributed by atoms with Gasteiger partial charge in [0.2, 0.25) is 0 Å². The first kappa shape index (κ1) is 19.6. The number of aliphatic hydroxyl groups excluding tert-OH is 1. The summed E-state index contributed by atoms with van der Waals surface area (Å²) >= 11 is 0. The highest BCUT2D eigenvalue weighted by atomic mass is 16.4. The normalized spacial score (nSPS) is 13.5. The summed E-state index contributed by atoms with van der Waals surface area (Å²) < 4.78 is 0. The molecule has 0 aromatic heterocycles. The molecule has 3 N–H and O–H groups in total. The van der Waals surface area contributed by atoms with Crippen LogP contribution in [-0.2, 0) is 12.8 Å². The Morgan fingerprint density at radius 2 is 1.57 bits per heavy atom. The van der Waals surface area contributed by atoms with Crippen molar-refractivity contribution in [3.05, 3.63) is 96.1 Å². The van der Waals surface area contributed by atoms with E-state index in [4.69, 9.17) is 0 Å². The Labute approximate surface area is 165 Å². The van der Waals surface area contributed by atoms with Crippen molar-refractivity contribution in [3.63, 3.8) is 0 Å². The Bertz CT molecular complexity index is 937. The third kappa shape index (κ3) is 5.69. The number of nitrogens with one attached hydrogen (secondary N) is 1. The molecule has 0 spiro atoms. The van der Waals surface area contributed by atoms with Gasteiger partial charge in [0.1, 0.15) is 0 Å². The standard InChI is InChI=1S/C24H25NO3/c26-17-20(14-18-6-2-1-3-7-18)11-13-23(25-24(27)28)16-19-10-12-21-8-4-5-9-22(21)15-19/h1-13,15,20,23,25-26H,14,16-17H2,(H,27,28)/t20?,23-/m0/s1. The van der Waals surface area contributed by atoms with E-state index in [2.05, 4.69) is 29.6 Å². The van der Waals surface area contributed by atoms with Gasteiger partial charge >= 0.3 is 6.09 Å². The van der Waals surface area contributed by atoms with Crippen LogP contribution in [0.2, 0.25) is 0 Å². The van der Waals surface area contributed by atoms with E-state index >= 15 is 0 Å². The van der Waals surface area contributed by atoms with Gasteiger partial charge in [-0.3, -0.25) is 0 Å². The number of carbonyl (C=O) groups is 1. The van der Waals surface area contributed by atoms with Crippen molar-refractivity contribution >= 4 is 16.9 Å². The summed E-state index contributed by atoms with van der Waals surface area (Å²) in [5.74, 6) is -0.0582. The average Bonchev–Trinajstić information content (AvgIpc) is 2.71. The number of fused-ring (bicyclic) bond motifs is 1. The second-order valence-corrected chi connectivity index (χ2v) is 6.96.